The molecule has 3 N–H and O–H groups in total. The maximum absolute atomic E-state index is 10.7. The number of hydrogen-bond acceptors (Lipinski definition) is 5. The molecule has 0 aliphatic carbocycles. The lowest BCUT2D eigenvalue weighted by Gasteiger charge is -2.01. The Labute approximate surface area is 113 Å². The average Bonchev–Trinajstić information content (AvgIpc) is 2.69. The van der Waals surface area contributed by atoms with E-state index >= 15 is 0 Å². The van der Waals surface area contributed by atoms with E-state index in [-0.39, 0.29) is 23.8 Å². The SMILES string of the molecule is Cc1nc(Nc2ccc(C(=O)O)cc2)oc1CC(=O)O. The minimum atomic E-state index is -1.01. The van der Waals surface area contributed by atoms with Gasteiger partial charge in [0.25, 0.3) is 6.01 Å². The van der Waals surface area contributed by atoms with E-state index in [1.165, 1.54) is 12.1 Å². The molecule has 2 aromatic rings. The first-order valence-corrected chi connectivity index (χ1v) is 5.74. The fourth-order valence-electron chi connectivity index (χ4n) is 1.60. The molecule has 1 aromatic heterocycles. The smallest absolute Gasteiger partial charge is 0.335 e. The van der Waals surface area contributed by atoms with Gasteiger partial charge in [0.1, 0.15) is 12.2 Å². The fraction of sp³-hybridized carbons (Fsp3) is 0.154. The van der Waals surface area contributed by atoms with Crippen LogP contribution in [-0.4, -0.2) is 27.1 Å². The summed E-state index contributed by atoms with van der Waals surface area (Å²) in [5.74, 6) is -1.73. The molecule has 20 heavy (non-hydrogen) atoms. The lowest BCUT2D eigenvalue weighted by molar-refractivity contribution is -0.136. The molecular formula is C13H12N2O5. The van der Waals surface area contributed by atoms with E-state index in [4.69, 9.17) is 14.6 Å². The molecule has 0 saturated heterocycles. The molecular weight excluding hydrogens is 264 g/mol. The summed E-state index contributed by atoms with van der Waals surface area (Å²) in [4.78, 5) is 25.4. The second-order valence-corrected chi connectivity index (χ2v) is 4.11. The van der Waals surface area contributed by atoms with Gasteiger partial charge in [0, 0.05) is 5.69 Å². The van der Waals surface area contributed by atoms with Crippen LogP contribution in [0.15, 0.2) is 28.7 Å². The van der Waals surface area contributed by atoms with Crippen molar-refractivity contribution < 1.29 is 24.2 Å². The Morgan fingerprint density at radius 1 is 1.25 bits per heavy atom. The summed E-state index contributed by atoms with van der Waals surface area (Å²) in [7, 11) is 0. The largest absolute Gasteiger partial charge is 0.481 e. The first kappa shape index (κ1) is 13.6. The molecule has 104 valence electrons. The number of carboxylic acids is 2. The van der Waals surface area contributed by atoms with E-state index in [0.717, 1.165) is 0 Å². The van der Waals surface area contributed by atoms with Crippen molar-refractivity contribution in [1.82, 2.24) is 4.98 Å². The quantitative estimate of drug-likeness (QED) is 0.765. The summed E-state index contributed by atoms with van der Waals surface area (Å²) in [6.45, 7) is 1.65. The summed E-state index contributed by atoms with van der Waals surface area (Å²) >= 11 is 0. The lowest BCUT2D eigenvalue weighted by Crippen LogP contribution is -1.99. The fourth-order valence-corrected chi connectivity index (χ4v) is 1.60. The maximum atomic E-state index is 10.7. The Hall–Kier alpha value is -2.83. The third-order valence-electron chi connectivity index (χ3n) is 2.59. The van der Waals surface area contributed by atoms with Gasteiger partial charge in [-0.1, -0.05) is 0 Å². The minimum absolute atomic E-state index is 0.168. The van der Waals surface area contributed by atoms with Crippen molar-refractivity contribution in [2.75, 3.05) is 5.32 Å². The van der Waals surface area contributed by atoms with Gasteiger partial charge in [0.2, 0.25) is 0 Å². The van der Waals surface area contributed by atoms with Crippen LogP contribution in [0.4, 0.5) is 11.7 Å². The molecule has 7 heteroatoms. The summed E-state index contributed by atoms with van der Waals surface area (Å²) < 4.78 is 5.29. The number of aliphatic carboxylic acids is 1. The molecule has 0 saturated carbocycles. The summed E-state index contributed by atoms with van der Waals surface area (Å²) in [6, 6.07) is 6.19. The van der Waals surface area contributed by atoms with Crippen LogP contribution < -0.4 is 5.32 Å². The van der Waals surface area contributed by atoms with Gasteiger partial charge in [-0.25, -0.2) is 4.79 Å². The molecule has 0 aliphatic rings. The Morgan fingerprint density at radius 3 is 2.45 bits per heavy atom. The summed E-state index contributed by atoms with van der Waals surface area (Å²) in [5.41, 5.74) is 1.26. The van der Waals surface area contributed by atoms with Gasteiger partial charge < -0.3 is 19.9 Å². The number of carboxylic acid groups (broad SMARTS) is 2. The van der Waals surface area contributed by atoms with Crippen LogP contribution in [0.5, 0.6) is 0 Å². The first-order chi connectivity index (χ1) is 9.45. The van der Waals surface area contributed by atoms with Gasteiger partial charge in [-0.3, -0.25) is 4.79 Å². The highest BCUT2D eigenvalue weighted by atomic mass is 16.4. The maximum Gasteiger partial charge on any atom is 0.335 e. The number of aromatic carboxylic acids is 1. The highest BCUT2D eigenvalue weighted by molar-refractivity contribution is 5.88. The molecule has 0 amide bonds. The molecule has 0 spiro atoms. The van der Waals surface area contributed by atoms with Gasteiger partial charge in [0.05, 0.1) is 11.3 Å². The molecule has 0 fully saturated rings. The predicted molar refractivity (Wildman–Crippen MR) is 69.3 cm³/mol. The number of aryl methyl sites for hydroxylation is 1. The highest BCUT2D eigenvalue weighted by Gasteiger charge is 2.13. The van der Waals surface area contributed by atoms with E-state index in [9.17, 15) is 9.59 Å². The monoisotopic (exact) mass is 276 g/mol. The van der Waals surface area contributed by atoms with Gasteiger partial charge in [-0.05, 0) is 31.2 Å². The number of nitrogens with zero attached hydrogens (tertiary/aromatic N) is 1. The molecule has 1 aromatic carbocycles. The van der Waals surface area contributed by atoms with Crippen molar-refractivity contribution in [3.63, 3.8) is 0 Å². The van der Waals surface area contributed by atoms with E-state index in [1.807, 2.05) is 0 Å². The molecule has 7 nitrogen and oxygen atoms in total. The molecule has 1 heterocycles. The molecule has 0 radical (unpaired) electrons. The number of anilines is 2. The number of aromatic nitrogens is 1. The zero-order valence-electron chi connectivity index (χ0n) is 10.6. The van der Waals surface area contributed by atoms with E-state index < -0.39 is 11.9 Å². The van der Waals surface area contributed by atoms with Crippen molar-refractivity contribution in [2.45, 2.75) is 13.3 Å². The average molecular weight is 276 g/mol. The highest BCUT2D eigenvalue weighted by Crippen LogP contribution is 2.20. The zero-order valence-corrected chi connectivity index (χ0v) is 10.6. The van der Waals surface area contributed by atoms with Crippen molar-refractivity contribution >= 4 is 23.6 Å². The van der Waals surface area contributed by atoms with Crippen molar-refractivity contribution in [3.05, 3.63) is 41.3 Å². The molecule has 0 aliphatic heterocycles. The normalized spacial score (nSPS) is 10.2. The van der Waals surface area contributed by atoms with Gasteiger partial charge >= 0.3 is 11.9 Å². The Bertz CT molecular complexity index is 645. The van der Waals surface area contributed by atoms with Gasteiger partial charge in [-0.2, -0.15) is 4.98 Å². The molecule has 0 unspecified atom stereocenters. The topological polar surface area (TPSA) is 113 Å². The van der Waals surface area contributed by atoms with Crippen LogP contribution in [0.1, 0.15) is 21.8 Å². The van der Waals surface area contributed by atoms with Crippen LogP contribution in [0.25, 0.3) is 0 Å². The number of hydrogen-bond donors (Lipinski definition) is 3. The Kier molecular flexibility index (Phi) is 3.69. The van der Waals surface area contributed by atoms with Crippen LogP contribution in [-0.2, 0) is 11.2 Å². The lowest BCUT2D eigenvalue weighted by atomic mass is 10.2. The standard InChI is InChI=1S/C13H12N2O5/c1-7-10(6-11(16)17)20-13(14-7)15-9-4-2-8(3-5-9)12(18)19/h2-5H,6H2,1H3,(H,14,15)(H,16,17)(H,18,19). The minimum Gasteiger partial charge on any atom is -0.481 e. The van der Waals surface area contributed by atoms with Crippen LogP contribution in [0.3, 0.4) is 0 Å². The van der Waals surface area contributed by atoms with E-state index in [0.29, 0.717) is 11.4 Å². The number of oxazole rings is 1. The van der Waals surface area contributed by atoms with Crippen LogP contribution in [0, 0.1) is 6.92 Å². The van der Waals surface area contributed by atoms with Crippen LogP contribution in [0.2, 0.25) is 0 Å². The molecule has 0 bridgehead atoms. The molecule has 2 rings (SSSR count). The Morgan fingerprint density at radius 2 is 1.90 bits per heavy atom. The predicted octanol–water partition coefficient (Wildman–Crippen LogP) is 2.05. The Balaban J connectivity index is 2.13. The summed E-state index contributed by atoms with van der Waals surface area (Å²) in [5, 5.41) is 20.3. The van der Waals surface area contributed by atoms with Gasteiger partial charge in [0.15, 0.2) is 0 Å². The second kappa shape index (κ2) is 5.43. The third-order valence-corrected chi connectivity index (χ3v) is 2.59. The number of benzene rings is 1. The number of rotatable bonds is 5. The number of nitrogens with one attached hydrogen (secondary N) is 1. The third kappa shape index (κ3) is 3.14. The number of carbonyl (C=O) groups is 2. The van der Waals surface area contributed by atoms with E-state index in [2.05, 4.69) is 10.3 Å². The molecule has 0 atom stereocenters. The zero-order chi connectivity index (χ0) is 14.7. The van der Waals surface area contributed by atoms with Crippen molar-refractivity contribution in [1.29, 1.82) is 0 Å². The van der Waals surface area contributed by atoms with Crippen LogP contribution >= 0.6 is 0 Å². The second-order valence-electron chi connectivity index (χ2n) is 4.11. The van der Waals surface area contributed by atoms with Crippen molar-refractivity contribution in [2.24, 2.45) is 0 Å². The van der Waals surface area contributed by atoms with E-state index in [1.54, 1.807) is 19.1 Å². The summed E-state index contributed by atoms with van der Waals surface area (Å²) in [6.07, 6.45) is -0.238. The van der Waals surface area contributed by atoms with Crippen molar-refractivity contribution in [3.8, 4) is 0 Å². The first-order valence-electron chi connectivity index (χ1n) is 5.74. The van der Waals surface area contributed by atoms with Gasteiger partial charge in [-0.15, -0.1) is 0 Å².